The van der Waals surface area contributed by atoms with Crippen molar-refractivity contribution in [1.82, 2.24) is 0 Å². The van der Waals surface area contributed by atoms with Crippen LogP contribution in [-0.4, -0.2) is 0 Å². The zero-order valence-electron chi connectivity index (χ0n) is 5.43. The SMILES string of the molecule is N#C/C=[C]\C1CCCC1. The van der Waals surface area contributed by atoms with Crippen molar-refractivity contribution in [2.75, 3.05) is 0 Å². The molecule has 1 saturated carbocycles. The van der Waals surface area contributed by atoms with E-state index in [4.69, 9.17) is 5.26 Å². The lowest BCUT2D eigenvalue weighted by Gasteiger charge is -1.94. The fourth-order valence-electron chi connectivity index (χ4n) is 1.25. The minimum absolute atomic E-state index is 0.588. The number of nitriles is 1. The highest BCUT2D eigenvalue weighted by Gasteiger charge is 2.10. The van der Waals surface area contributed by atoms with Gasteiger partial charge in [0.05, 0.1) is 6.07 Å². The summed E-state index contributed by atoms with van der Waals surface area (Å²) >= 11 is 0. The van der Waals surface area contributed by atoms with Gasteiger partial charge in [-0.3, -0.25) is 0 Å². The van der Waals surface area contributed by atoms with E-state index in [1.54, 1.807) is 0 Å². The van der Waals surface area contributed by atoms with E-state index in [1.807, 2.05) is 6.07 Å². The van der Waals surface area contributed by atoms with E-state index in [0.717, 1.165) is 0 Å². The van der Waals surface area contributed by atoms with Crippen molar-refractivity contribution in [2.45, 2.75) is 25.7 Å². The van der Waals surface area contributed by atoms with Crippen molar-refractivity contribution in [1.29, 1.82) is 5.26 Å². The van der Waals surface area contributed by atoms with Crippen molar-refractivity contribution in [2.24, 2.45) is 5.92 Å². The third kappa shape index (κ3) is 1.89. The van der Waals surface area contributed by atoms with Gasteiger partial charge >= 0.3 is 0 Å². The monoisotopic (exact) mass is 120 g/mol. The molecule has 0 bridgehead atoms. The van der Waals surface area contributed by atoms with E-state index in [-0.39, 0.29) is 0 Å². The van der Waals surface area contributed by atoms with Crippen LogP contribution in [0.4, 0.5) is 0 Å². The second-order valence-electron chi connectivity index (χ2n) is 2.42. The normalized spacial score (nSPS) is 20.8. The molecule has 1 rings (SSSR count). The average molecular weight is 120 g/mol. The van der Waals surface area contributed by atoms with Gasteiger partial charge in [0.25, 0.3) is 0 Å². The molecule has 0 aromatic carbocycles. The zero-order chi connectivity index (χ0) is 6.53. The summed E-state index contributed by atoms with van der Waals surface area (Å²) in [6.45, 7) is 0. The molecule has 1 aliphatic carbocycles. The highest BCUT2D eigenvalue weighted by Crippen LogP contribution is 2.24. The summed E-state index contributed by atoms with van der Waals surface area (Å²) in [6, 6.07) is 1.96. The Morgan fingerprint density at radius 2 is 2.00 bits per heavy atom. The number of rotatable bonds is 1. The summed E-state index contributed by atoms with van der Waals surface area (Å²) in [5.41, 5.74) is 0. The molecule has 9 heavy (non-hydrogen) atoms. The second-order valence-corrected chi connectivity index (χ2v) is 2.42. The van der Waals surface area contributed by atoms with Crippen LogP contribution < -0.4 is 0 Å². The Morgan fingerprint density at radius 3 is 2.56 bits per heavy atom. The lowest BCUT2D eigenvalue weighted by atomic mass is 10.1. The molecule has 0 N–H and O–H groups in total. The highest BCUT2D eigenvalue weighted by molar-refractivity contribution is 4.99. The highest BCUT2D eigenvalue weighted by atomic mass is 14.2. The summed E-state index contributed by atoms with van der Waals surface area (Å²) in [5.74, 6) is 0.588. The molecule has 0 amide bonds. The van der Waals surface area contributed by atoms with E-state index in [9.17, 15) is 0 Å². The minimum Gasteiger partial charge on any atom is -0.193 e. The standard InChI is InChI=1S/C8H10N/c9-7-3-6-8-4-1-2-5-8/h3,8H,1-2,4-5H2. The molecule has 0 heterocycles. The van der Waals surface area contributed by atoms with Crippen molar-refractivity contribution >= 4 is 0 Å². The van der Waals surface area contributed by atoms with Crippen LogP contribution >= 0.6 is 0 Å². The number of hydrogen-bond acceptors (Lipinski definition) is 1. The van der Waals surface area contributed by atoms with Gasteiger partial charge in [0.15, 0.2) is 0 Å². The number of hydrogen-bond donors (Lipinski definition) is 0. The molecule has 1 nitrogen and oxygen atoms in total. The molecule has 0 spiro atoms. The maximum Gasteiger partial charge on any atom is 0.0915 e. The first-order valence-electron chi connectivity index (χ1n) is 3.41. The van der Waals surface area contributed by atoms with Crippen molar-refractivity contribution < 1.29 is 0 Å². The molecule has 1 radical (unpaired) electrons. The van der Waals surface area contributed by atoms with Crippen LogP contribution in [0.25, 0.3) is 0 Å². The van der Waals surface area contributed by atoms with E-state index >= 15 is 0 Å². The van der Waals surface area contributed by atoms with Crippen LogP contribution in [-0.2, 0) is 0 Å². The second kappa shape index (κ2) is 3.29. The van der Waals surface area contributed by atoms with Gasteiger partial charge in [-0.2, -0.15) is 5.26 Å². The van der Waals surface area contributed by atoms with E-state index in [2.05, 4.69) is 6.08 Å². The smallest absolute Gasteiger partial charge is 0.0915 e. The summed E-state index contributed by atoms with van der Waals surface area (Å²) in [7, 11) is 0. The molecule has 1 heteroatoms. The zero-order valence-corrected chi connectivity index (χ0v) is 5.43. The molecule has 1 fully saturated rings. The number of nitrogens with zero attached hydrogens (tertiary/aromatic N) is 1. The quantitative estimate of drug-likeness (QED) is 0.486. The molecule has 47 valence electrons. The fraction of sp³-hybridized carbons (Fsp3) is 0.625. The van der Waals surface area contributed by atoms with Crippen molar-refractivity contribution in [3.8, 4) is 6.07 Å². The predicted molar refractivity (Wildman–Crippen MR) is 35.4 cm³/mol. The first kappa shape index (κ1) is 6.35. The van der Waals surface area contributed by atoms with Gasteiger partial charge in [-0.05, 0) is 24.8 Å². The molecular weight excluding hydrogens is 110 g/mol. The summed E-state index contributed by atoms with van der Waals surface area (Å²) in [6.07, 6.45) is 9.63. The van der Waals surface area contributed by atoms with E-state index < -0.39 is 0 Å². The third-order valence-electron chi connectivity index (χ3n) is 1.74. The van der Waals surface area contributed by atoms with Crippen LogP contribution in [0.2, 0.25) is 0 Å². The Labute approximate surface area is 56.0 Å². The molecule has 0 atom stereocenters. The summed E-state index contributed by atoms with van der Waals surface area (Å²) < 4.78 is 0. The largest absolute Gasteiger partial charge is 0.193 e. The first-order chi connectivity index (χ1) is 4.43. The Morgan fingerprint density at radius 1 is 1.33 bits per heavy atom. The molecule has 0 aliphatic heterocycles. The van der Waals surface area contributed by atoms with Gasteiger partial charge in [-0.25, -0.2) is 0 Å². The van der Waals surface area contributed by atoms with E-state index in [1.165, 1.54) is 31.8 Å². The third-order valence-corrected chi connectivity index (χ3v) is 1.74. The van der Waals surface area contributed by atoms with Crippen molar-refractivity contribution in [3.63, 3.8) is 0 Å². The fourth-order valence-corrected chi connectivity index (χ4v) is 1.25. The van der Waals surface area contributed by atoms with Gasteiger partial charge in [-0.1, -0.05) is 12.8 Å². The van der Waals surface area contributed by atoms with Gasteiger partial charge in [0, 0.05) is 6.08 Å². The predicted octanol–water partition coefficient (Wildman–Crippen LogP) is 2.06. The lowest BCUT2D eigenvalue weighted by molar-refractivity contribution is 0.666. The molecule has 0 aromatic rings. The molecule has 1 aliphatic rings. The van der Waals surface area contributed by atoms with Crippen LogP contribution in [0.15, 0.2) is 6.08 Å². The summed E-state index contributed by atoms with van der Waals surface area (Å²) in [5, 5.41) is 8.16. The molecule has 0 unspecified atom stereocenters. The average Bonchev–Trinajstić information content (AvgIpc) is 2.34. The van der Waals surface area contributed by atoms with Crippen molar-refractivity contribution in [3.05, 3.63) is 12.2 Å². The van der Waals surface area contributed by atoms with Gasteiger partial charge in [0.1, 0.15) is 0 Å². The van der Waals surface area contributed by atoms with Gasteiger partial charge < -0.3 is 0 Å². The maximum absolute atomic E-state index is 8.16. The lowest BCUT2D eigenvalue weighted by Crippen LogP contribution is -1.84. The van der Waals surface area contributed by atoms with Crippen LogP contribution in [0.1, 0.15) is 25.7 Å². The Balaban J connectivity index is 2.28. The Bertz CT molecular complexity index is 135. The summed E-state index contributed by atoms with van der Waals surface area (Å²) in [4.78, 5) is 0. The van der Waals surface area contributed by atoms with Crippen LogP contribution in [0.5, 0.6) is 0 Å². The Hall–Kier alpha value is -0.770. The first-order valence-corrected chi connectivity index (χ1v) is 3.41. The molecule has 0 saturated heterocycles. The molecule has 0 aromatic heterocycles. The number of allylic oxidation sites excluding steroid dienone is 2. The Kier molecular flexibility index (Phi) is 2.32. The minimum atomic E-state index is 0.588. The maximum atomic E-state index is 8.16. The topological polar surface area (TPSA) is 23.8 Å². The van der Waals surface area contributed by atoms with E-state index in [0.29, 0.717) is 5.92 Å². The molecular formula is C8H10N. The van der Waals surface area contributed by atoms with Crippen LogP contribution in [0.3, 0.4) is 0 Å². The van der Waals surface area contributed by atoms with Gasteiger partial charge in [0.2, 0.25) is 0 Å². The van der Waals surface area contributed by atoms with Crippen LogP contribution in [0, 0.1) is 23.3 Å². The van der Waals surface area contributed by atoms with Gasteiger partial charge in [-0.15, -0.1) is 0 Å².